The van der Waals surface area contributed by atoms with Crippen LogP contribution in [0.4, 0.5) is 0 Å². The lowest BCUT2D eigenvalue weighted by Gasteiger charge is -2.31. The van der Waals surface area contributed by atoms with E-state index in [1.807, 2.05) is 27.7 Å². The van der Waals surface area contributed by atoms with E-state index in [4.69, 9.17) is 4.74 Å². The van der Waals surface area contributed by atoms with Crippen LogP contribution in [0, 0.1) is 0 Å². The highest BCUT2D eigenvalue weighted by molar-refractivity contribution is 5.82. The van der Waals surface area contributed by atoms with Gasteiger partial charge in [0.25, 0.3) is 5.91 Å². The van der Waals surface area contributed by atoms with Crippen LogP contribution in [0.15, 0.2) is 4.99 Å². The second-order valence-corrected chi connectivity index (χ2v) is 7.15. The Kier molecular flexibility index (Phi) is 7.16. The van der Waals surface area contributed by atoms with Gasteiger partial charge in [0.15, 0.2) is 6.10 Å². The highest BCUT2D eigenvalue weighted by Crippen LogP contribution is 2.12. The van der Waals surface area contributed by atoms with Crippen LogP contribution in [0.5, 0.6) is 0 Å². The monoisotopic (exact) mass is 301 g/mol. The van der Waals surface area contributed by atoms with Crippen molar-refractivity contribution in [2.45, 2.75) is 84.6 Å². The number of aliphatic imine (C=N–C) groups is 1. The summed E-state index contributed by atoms with van der Waals surface area (Å²) in [5, 5.41) is 24.5. The molecule has 0 heterocycles. The molecule has 2 N–H and O–H groups in total. The maximum absolute atomic E-state index is 12.0. The van der Waals surface area contributed by atoms with Crippen LogP contribution in [0.1, 0.15) is 61.3 Å². The number of rotatable bonds is 5. The fraction of sp³-hybridized carbons (Fsp3) is 0.867. The Bertz CT molecular complexity index is 367. The quantitative estimate of drug-likeness (QED) is 0.584. The van der Waals surface area contributed by atoms with E-state index in [0.29, 0.717) is 12.8 Å². The number of aliphatic hydroxyl groups is 1. The first-order chi connectivity index (χ1) is 9.35. The van der Waals surface area contributed by atoms with Crippen molar-refractivity contribution in [3.8, 4) is 0 Å². The Labute approximate surface area is 127 Å². The molecule has 2 atom stereocenters. The number of nitrogens with one attached hydrogen (secondary N) is 1. The molecule has 21 heavy (non-hydrogen) atoms. The summed E-state index contributed by atoms with van der Waals surface area (Å²) in [5.41, 5.74) is -1.11. The third kappa shape index (κ3) is 9.28. The van der Waals surface area contributed by atoms with Gasteiger partial charge < -0.3 is 20.3 Å². The van der Waals surface area contributed by atoms with E-state index in [0.717, 1.165) is 0 Å². The summed E-state index contributed by atoms with van der Waals surface area (Å²) < 4.78 is 5.10. The Hall–Kier alpha value is -1.30. The van der Waals surface area contributed by atoms with Gasteiger partial charge in [-0.2, -0.15) is 0 Å². The smallest absolute Gasteiger partial charge is 0.251 e. The first kappa shape index (κ1) is 19.7. The number of ether oxygens (including phenoxy) is 1. The lowest BCUT2D eigenvalue weighted by molar-refractivity contribution is -0.261. The lowest BCUT2D eigenvalue weighted by atomic mass is 10.0. The van der Waals surface area contributed by atoms with Crippen LogP contribution < -0.4 is 10.4 Å². The summed E-state index contributed by atoms with van der Waals surface area (Å²) in [6.45, 7) is 12.5. The van der Waals surface area contributed by atoms with Gasteiger partial charge >= 0.3 is 0 Å². The molecule has 0 rings (SSSR count). The Morgan fingerprint density at radius 1 is 1.29 bits per heavy atom. The Balaban J connectivity index is 4.96. The molecule has 2 unspecified atom stereocenters. The summed E-state index contributed by atoms with van der Waals surface area (Å²) in [6, 6.07) is -0.799. The minimum Gasteiger partial charge on any atom is -0.595 e. The van der Waals surface area contributed by atoms with Gasteiger partial charge in [0.05, 0.1) is 6.04 Å². The lowest BCUT2D eigenvalue weighted by Crippen LogP contribution is -2.49. The topological polar surface area (TPSA) is 94.0 Å². The van der Waals surface area contributed by atoms with Gasteiger partial charge in [-0.05, 0) is 27.2 Å². The van der Waals surface area contributed by atoms with Crippen molar-refractivity contribution in [1.82, 2.24) is 5.32 Å². The van der Waals surface area contributed by atoms with E-state index in [9.17, 15) is 15.0 Å². The van der Waals surface area contributed by atoms with Crippen LogP contribution >= 0.6 is 0 Å². The van der Waals surface area contributed by atoms with Crippen LogP contribution in [0.25, 0.3) is 0 Å². The molecule has 0 spiro atoms. The SMILES string of the molecule is CCCC(N=C([O-])OC(C)(C)C)C(O)C(=O)NC(C)(C)C. The van der Waals surface area contributed by atoms with Crippen molar-refractivity contribution in [2.75, 3.05) is 0 Å². The first-order valence-corrected chi connectivity index (χ1v) is 7.29. The molecular weight excluding hydrogens is 272 g/mol. The largest absolute Gasteiger partial charge is 0.595 e. The molecule has 0 aromatic rings. The third-order valence-corrected chi connectivity index (χ3v) is 2.38. The second-order valence-electron chi connectivity index (χ2n) is 7.15. The zero-order valence-electron chi connectivity index (χ0n) is 14.2. The van der Waals surface area contributed by atoms with Gasteiger partial charge in [-0.3, -0.25) is 9.79 Å². The van der Waals surface area contributed by atoms with Gasteiger partial charge in [0.1, 0.15) is 6.08 Å². The predicted octanol–water partition coefficient (Wildman–Crippen LogP) is 0.962. The molecule has 0 aliphatic heterocycles. The summed E-state index contributed by atoms with van der Waals surface area (Å²) in [7, 11) is 0. The normalized spacial score (nSPS) is 16.3. The average molecular weight is 301 g/mol. The van der Waals surface area contributed by atoms with Gasteiger partial charge in [0.2, 0.25) is 0 Å². The van der Waals surface area contributed by atoms with Crippen LogP contribution in [0.3, 0.4) is 0 Å². The van der Waals surface area contributed by atoms with E-state index >= 15 is 0 Å². The summed E-state index contributed by atoms with van der Waals surface area (Å²) in [6.07, 6.45) is -1.00. The molecular formula is C15H29N2O4-. The molecule has 6 heteroatoms. The van der Waals surface area contributed by atoms with Crippen molar-refractivity contribution in [3.05, 3.63) is 0 Å². The standard InChI is InChI=1S/C15H30N2O4/c1-8-9-10(16-13(20)21-15(5,6)7)11(18)12(19)17-14(2,3)4/h10-11,18H,8-9H2,1-7H3,(H,16,20)(H,17,19)/p-1. The summed E-state index contributed by atoms with van der Waals surface area (Å²) in [4.78, 5) is 15.8. The zero-order chi connectivity index (χ0) is 16.8. The maximum atomic E-state index is 12.0. The minimum absolute atomic E-state index is 0.429. The fourth-order valence-electron chi connectivity index (χ4n) is 1.63. The van der Waals surface area contributed by atoms with E-state index in [2.05, 4.69) is 10.3 Å². The van der Waals surface area contributed by atoms with Gasteiger partial charge in [-0.25, -0.2) is 0 Å². The summed E-state index contributed by atoms with van der Waals surface area (Å²) >= 11 is 0. The Morgan fingerprint density at radius 2 is 1.81 bits per heavy atom. The predicted molar refractivity (Wildman–Crippen MR) is 80.9 cm³/mol. The van der Waals surface area contributed by atoms with E-state index in [1.54, 1.807) is 20.8 Å². The third-order valence-electron chi connectivity index (χ3n) is 2.38. The van der Waals surface area contributed by atoms with Crippen molar-refractivity contribution in [1.29, 1.82) is 0 Å². The molecule has 0 aliphatic carbocycles. The molecule has 0 saturated carbocycles. The Morgan fingerprint density at radius 3 is 2.19 bits per heavy atom. The van der Waals surface area contributed by atoms with Crippen molar-refractivity contribution >= 4 is 12.0 Å². The van der Waals surface area contributed by atoms with Crippen molar-refractivity contribution in [3.63, 3.8) is 0 Å². The number of carbonyl (C=O) groups is 1. The van der Waals surface area contributed by atoms with Crippen LogP contribution in [-0.4, -0.2) is 40.4 Å². The van der Waals surface area contributed by atoms with Crippen LogP contribution in [-0.2, 0) is 9.53 Å². The number of aliphatic hydroxyl groups excluding tert-OH is 1. The van der Waals surface area contributed by atoms with Gasteiger partial charge in [0, 0.05) is 11.1 Å². The molecule has 0 aromatic heterocycles. The number of carbonyl (C=O) groups excluding carboxylic acids is 1. The molecule has 0 saturated heterocycles. The van der Waals surface area contributed by atoms with E-state index in [-0.39, 0.29) is 0 Å². The molecule has 0 bridgehead atoms. The van der Waals surface area contributed by atoms with E-state index < -0.39 is 35.3 Å². The molecule has 0 aliphatic rings. The highest BCUT2D eigenvalue weighted by atomic mass is 16.6. The molecule has 124 valence electrons. The van der Waals surface area contributed by atoms with Crippen molar-refractivity contribution < 1.29 is 19.7 Å². The first-order valence-electron chi connectivity index (χ1n) is 7.29. The molecule has 0 radical (unpaired) electrons. The highest BCUT2D eigenvalue weighted by Gasteiger charge is 2.28. The number of amides is 1. The number of nitrogens with zero attached hydrogens (tertiary/aromatic N) is 1. The van der Waals surface area contributed by atoms with E-state index in [1.165, 1.54) is 0 Å². The fourth-order valence-corrected chi connectivity index (χ4v) is 1.63. The van der Waals surface area contributed by atoms with Crippen molar-refractivity contribution in [2.24, 2.45) is 4.99 Å². The van der Waals surface area contributed by atoms with Gasteiger partial charge in [-0.15, -0.1) is 0 Å². The van der Waals surface area contributed by atoms with Gasteiger partial charge in [-0.1, -0.05) is 34.1 Å². The summed E-state index contributed by atoms with van der Waals surface area (Å²) in [5.74, 6) is -0.534. The van der Waals surface area contributed by atoms with Crippen LogP contribution in [0.2, 0.25) is 0 Å². The molecule has 6 nitrogen and oxygen atoms in total. The number of hydrogen-bond donors (Lipinski definition) is 2. The molecule has 0 fully saturated rings. The average Bonchev–Trinajstić information content (AvgIpc) is 2.22. The maximum Gasteiger partial charge on any atom is 0.251 e. The second kappa shape index (κ2) is 7.64. The zero-order valence-corrected chi connectivity index (χ0v) is 14.2. The molecule has 0 aromatic carbocycles. The molecule has 1 amide bonds. The minimum atomic E-state index is -1.36. The number of hydrogen-bond acceptors (Lipinski definition) is 5.